The largest absolute Gasteiger partial charge is 0.375 e. The molecular weight excluding hydrogens is 371 g/mol. The third-order valence-electron chi connectivity index (χ3n) is 2.95. The molecule has 1 aromatic carbocycles. The van der Waals surface area contributed by atoms with Gasteiger partial charge in [0.1, 0.15) is 5.69 Å². The predicted octanol–water partition coefficient (Wildman–Crippen LogP) is 3.11. The van der Waals surface area contributed by atoms with E-state index in [1.807, 2.05) is 26.2 Å². The zero-order chi connectivity index (χ0) is 14.7. The van der Waals surface area contributed by atoms with E-state index >= 15 is 0 Å². The number of aromatic nitrogens is 2. The highest BCUT2D eigenvalue weighted by Gasteiger charge is 2.14. The van der Waals surface area contributed by atoms with Crippen LogP contribution in [0.4, 0.5) is 11.4 Å². The SMILES string of the molecule is CCc1nn(C)cc1CNc1ccc(I)cc1[N+](=O)[O-]. The minimum Gasteiger partial charge on any atom is -0.375 e. The van der Waals surface area contributed by atoms with Crippen molar-refractivity contribution >= 4 is 34.0 Å². The Bertz CT molecular complexity index is 639. The maximum atomic E-state index is 11.1. The summed E-state index contributed by atoms with van der Waals surface area (Å²) in [5.41, 5.74) is 2.69. The fourth-order valence-corrected chi connectivity index (χ4v) is 2.50. The number of nitro groups is 1. The molecule has 1 heterocycles. The molecule has 0 amide bonds. The normalized spacial score (nSPS) is 10.6. The van der Waals surface area contributed by atoms with Crippen LogP contribution in [-0.2, 0) is 20.0 Å². The Morgan fingerprint density at radius 3 is 2.90 bits per heavy atom. The second-order valence-corrected chi connectivity index (χ2v) is 5.65. The zero-order valence-electron chi connectivity index (χ0n) is 11.3. The van der Waals surface area contributed by atoms with Gasteiger partial charge in [0, 0.05) is 35.0 Å². The summed E-state index contributed by atoms with van der Waals surface area (Å²) in [6.07, 6.45) is 2.77. The number of benzene rings is 1. The molecule has 0 bridgehead atoms. The van der Waals surface area contributed by atoms with E-state index in [0.29, 0.717) is 12.2 Å². The van der Waals surface area contributed by atoms with E-state index in [0.717, 1.165) is 21.2 Å². The summed E-state index contributed by atoms with van der Waals surface area (Å²) in [6.45, 7) is 2.57. The number of anilines is 1. The molecule has 0 radical (unpaired) electrons. The van der Waals surface area contributed by atoms with Crippen molar-refractivity contribution in [2.45, 2.75) is 19.9 Å². The smallest absolute Gasteiger partial charge is 0.293 e. The first-order chi connectivity index (χ1) is 9.51. The van der Waals surface area contributed by atoms with Crippen molar-refractivity contribution in [3.63, 3.8) is 0 Å². The first-order valence-corrected chi connectivity index (χ1v) is 7.28. The van der Waals surface area contributed by atoms with Crippen LogP contribution in [0.5, 0.6) is 0 Å². The molecule has 0 spiro atoms. The van der Waals surface area contributed by atoms with E-state index in [1.165, 1.54) is 0 Å². The number of aryl methyl sites for hydroxylation is 2. The molecule has 6 nitrogen and oxygen atoms in total. The number of halogens is 1. The van der Waals surface area contributed by atoms with Crippen LogP contribution in [-0.4, -0.2) is 14.7 Å². The topological polar surface area (TPSA) is 73.0 Å². The highest BCUT2D eigenvalue weighted by Crippen LogP contribution is 2.27. The summed E-state index contributed by atoms with van der Waals surface area (Å²) in [5, 5.41) is 18.5. The molecule has 0 saturated carbocycles. The molecule has 0 fully saturated rings. The molecule has 2 rings (SSSR count). The first-order valence-electron chi connectivity index (χ1n) is 6.20. The Morgan fingerprint density at radius 1 is 1.50 bits per heavy atom. The van der Waals surface area contributed by atoms with Gasteiger partial charge >= 0.3 is 0 Å². The van der Waals surface area contributed by atoms with Crippen molar-refractivity contribution in [3.05, 3.63) is 49.3 Å². The minimum atomic E-state index is -0.367. The van der Waals surface area contributed by atoms with Crippen LogP contribution < -0.4 is 5.32 Å². The Balaban J connectivity index is 2.20. The van der Waals surface area contributed by atoms with Crippen LogP contribution in [0, 0.1) is 13.7 Å². The summed E-state index contributed by atoms with van der Waals surface area (Å²) in [6, 6.07) is 5.15. The monoisotopic (exact) mass is 386 g/mol. The molecule has 0 aliphatic carbocycles. The van der Waals surface area contributed by atoms with Crippen LogP contribution in [0.15, 0.2) is 24.4 Å². The second-order valence-electron chi connectivity index (χ2n) is 4.40. The van der Waals surface area contributed by atoms with E-state index in [9.17, 15) is 10.1 Å². The molecule has 1 aromatic heterocycles. The molecule has 2 aromatic rings. The van der Waals surface area contributed by atoms with Crippen LogP contribution in [0.1, 0.15) is 18.2 Å². The quantitative estimate of drug-likeness (QED) is 0.487. The number of hydrogen-bond acceptors (Lipinski definition) is 4. The van der Waals surface area contributed by atoms with Crippen LogP contribution in [0.2, 0.25) is 0 Å². The number of nitrogens with zero attached hydrogens (tertiary/aromatic N) is 3. The van der Waals surface area contributed by atoms with Gasteiger partial charge in [-0.2, -0.15) is 5.10 Å². The van der Waals surface area contributed by atoms with E-state index in [4.69, 9.17) is 0 Å². The Labute approximate surface area is 130 Å². The Kier molecular flexibility index (Phi) is 4.58. The van der Waals surface area contributed by atoms with Gasteiger partial charge in [0.2, 0.25) is 0 Å². The molecule has 0 unspecified atom stereocenters. The lowest BCUT2D eigenvalue weighted by molar-refractivity contribution is -0.384. The van der Waals surface area contributed by atoms with Crippen molar-refractivity contribution in [1.82, 2.24) is 9.78 Å². The summed E-state index contributed by atoms with van der Waals surface area (Å²) in [7, 11) is 1.87. The van der Waals surface area contributed by atoms with Crippen LogP contribution >= 0.6 is 22.6 Å². The maximum Gasteiger partial charge on any atom is 0.293 e. The van der Waals surface area contributed by atoms with Crippen molar-refractivity contribution in [3.8, 4) is 0 Å². The van der Waals surface area contributed by atoms with E-state index in [1.54, 1.807) is 16.8 Å². The summed E-state index contributed by atoms with van der Waals surface area (Å²) in [4.78, 5) is 10.7. The highest BCUT2D eigenvalue weighted by atomic mass is 127. The fourth-order valence-electron chi connectivity index (χ4n) is 2.02. The molecule has 0 saturated heterocycles. The van der Waals surface area contributed by atoms with Crippen molar-refractivity contribution in [2.24, 2.45) is 7.05 Å². The lowest BCUT2D eigenvalue weighted by Crippen LogP contribution is -2.04. The third-order valence-corrected chi connectivity index (χ3v) is 3.62. The number of hydrogen-bond donors (Lipinski definition) is 1. The average molecular weight is 386 g/mol. The Hall–Kier alpha value is -1.64. The zero-order valence-corrected chi connectivity index (χ0v) is 13.4. The average Bonchev–Trinajstić information content (AvgIpc) is 2.77. The van der Waals surface area contributed by atoms with Gasteiger partial charge in [-0.05, 0) is 41.1 Å². The minimum absolute atomic E-state index is 0.0961. The number of nitro benzene ring substituents is 1. The summed E-state index contributed by atoms with van der Waals surface area (Å²) in [5.74, 6) is 0. The lowest BCUT2D eigenvalue weighted by Gasteiger charge is -2.07. The number of rotatable bonds is 5. The molecule has 0 aliphatic rings. The van der Waals surface area contributed by atoms with Crippen molar-refractivity contribution in [2.75, 3.05) is 5.32 Å². The van der Waals surface area contributed by atoms with Gasteiger partial charge in [-0.25, -0.2) is 0 Å². The van der Waals surface area contributed by atoms with Crippen LogP contribution in [0.3, 0.4) is 0 Å². The van der Waals surface area contributed by atoms with Gasteiger partial charge in [-0.15, -0.1) is 0 Å². The van der Waals surface area contributed by atoms with E-state index < -0.39 is 0 Å². The van der Waals surface area contributed by atoms with Gasteiger partial charge in [0.25, 0.3) is 5.69 Å². The fraction of sp³-hybridized carbons (Fsp3) is 0.308. The van der Waals surface area contributed by atoms with E-state index in [-0.39, 0.29) is 10.6 Å². The molecule has 0 atom stereocenters. The van der Waals surface area contributed by atoms with Gasteiger partial charge in [0.05, 0.1) is 10.6 Å². The lowest BCUT2D eigenvalue weighted by atomic mass is 10.2. The third kappa shape index (κ3) is 3.27. The van der Waals surface area contributed by atoms with Gasteiger partial charge < -0.3 is 5.32 Å². The van der Waals surface area contributed by atoms with E-state index in [2.05, 4.69) is 33.0 Å². The predicted molar refractivity (Wildman–Crippen MR) is 85.7 cm³/mol. The molecule has 0 aliphatic heterocycles. The van der Waals surface area contributed by atoms with Crippen molar-refractivity contribution in [1.29, 1.82) is 0 Å². The van der Waals surface area contributed by atoms with Gasteiger partial charge in [-0.3, -0.25) is 14.8 Å². The molecule has 20 heavy (non-hydrogen) atoms. The van der Waals surface area contributed by atoms with Gasteiger partial charge in [-0.1, -0.05) is 6.92 Å². The van der Waals surface area contributed by atoms with Crippen LogP contribution in [0.25, 0.3) is 0 Å². The Morgan fingerprint density at radius 2 is 2.25 bits per heavy atom. The maximum absolute atomic E-state index is 11.1. The highest BCUT2D eigenvalue weighted by molar-refractivity contribution is 14.1. The first kappa shape index (κ1) is 14.8. The summed E-state index contributed by atoms with van der Waals surface area (Å²) >= 11 is 2.06. The molecule has 1 N–H and O–H groups in total. The second kappa shape index (κ2) is 6.21. The molecule has 7 heteroatoms. The standard InChI is InChI=1S/C13H15IN4O2/c1-3-11-9(8-17(2)16-11)7-15-12-5-4-10(14)6-13(12)18(19)20/h4-6,8,15H,3,7H2,1-2H3. The molecular formula is C13H15IN4O2. The number of nitrogens with one attached hydrogen (secondary N) is 1. The van der Waals surface area contributed by atoms with Crippen molar-refractivity contribution < 1.29 is 4.92 Å². The molecule has 106 valence electrons. The summed E-state index contributed by atoms with van der Waals surface area (Å²) < 4.78 is 2.61. The van der Waals surface area contributed by atoms with Gasteiger partial charge in [0.15, 0.2) is 0 Å².